The van der Waals surface area contributed by atoms with Gasteiger partial charge in [0, 0.05) is 24.7 Å². The number of hydrogen-bond acceptors (Lipinski definition) is 2. The fraction of sp³-hybridized carbons (Fsp3) is 0.500. The van der Waals surface area contributed by atoms with Gasteiger partial charge in [0.1, 0.15) is 0 Å². The second-order valence-corrected chi connectivity index (χ2v) is 4.47. The summed E-state index contributed by atoms with van der Waals surface area (Å²) < 4.78 is 5.23. The standard InChI is InChI=1S/C12H16ClNO/c1-15-12-6-11(7-12)14-8-9-2-4-10(13)5-3-9/h2-5,11-12,14H,6-8H2,1H3. The van der Waals surface area contributed by atoms with Crippen LogP contribution in [0.2, 0.25) is 5.02 Å². The molecule has 1 fully saturated rings. The molecule has 1 aromatic carbocycles. The maximum atomic E-state index is 5.81. The molecule has 0 radical (unpaired) electrons. The minimum absolute atomic E-state index is 0.465. The van der Waals surface area contributed by atoms with E-state index in [9.17, 15) is 0 Å². The van der Waals surface area contributed by atoms with Crippen LogP contribution in [-0.4, -0.2) is 19.3 Å². The summed E-state index contributed by atoms with van der Waals surface area (Å²) in [5.41, 5.74) is 1.28. The van der Waals surface area contributed by atoms with Gasteiger partial charge in [0.15, 0.2) is 0 Å². The molecule has 1 aromatic rings. The second kappa shape index (κ2) is 4.97. The Labute approximate surface area is 95.6 Å². The topological polar surface area (TPSA) is 21.3 Å². The number of hydrogen-bond donors (Lipinski definition) is 1. The predicted octanol–water partition coefficient (Wildman–Crippen LogP) is 2.61. The van der Waals surface area contributed by atoms with E-state index in [0.29, 0.717) is 12.1 Å². The molecule has 0 saturated heterocycles. The van der Waals surface area contributed by atoms with Gasteiger partial charge in [-0.3, -0.25) is 0 Å². The fourth-order valence-electron chi connectivity index (χ4n) is 1.79. The third kappa shape index (κ3) is 2.94. The molecule has 3 heteroatoms. The third-order valence-electron chi connectivity index (χ3n) is 2.94. The van der Waals surface area contributed by atoms with Crippen LogP contribution in [0.25, 0.3) is 0 Å². The summed E-state index contributed by atoms with van der Waals surface area (Å²) in [6, 6.07) is 8.59. The van der Waals surface area contributed by atoms with Crippen LogP contribution in [0.1, 0.15) is 18.4 Å². The smallest absolute Gasteiger partial charge is 0.0601 e. The third-order valence-corrected chi connectivity index (χ3v) is 3.19. The molecule has 2 rings (SSSR count). The number of benzene rings is 1. The van der Waals surface area contributed by atoms with Gasteiger partial charge in [0.2, 0.25) is 0 Å². The molecular formula is C12H16ClNO. The summed E-state index contributed by atoms with van der Waals surface area (Å²) in [5, 5.41) is 4.29. The second-order valence-electron chi connectivity index (χ2n) is 4.03. The van der Waals surface area contributed by atoms with Gasteiger partial charge in [-0.25, -0.2) is 0 Å². The van der Waals surface area contributed by atoms with E-state index < -0.39 is 0 Å². The van der Waals surface area contributed by atoms with Crippen molar-refractivity contribution in [2.24, 2.45) is 0 Å². The quantitative estimate of drug-likeness (QED) is 0.851. The van der Waals surface area contributed by atoms with E-state index in [1.807, 2.05) is 12.1 Å². The summed E-state index contributed by atoms with van der Waals surface area (Å²) >= 11 is 5.81. The van der Waals surface area contributed by atoms with Gasteiger partial charge < -0.3 is 10.1 Å². The Bertz CT molecular complexity index is 306. The summed E-state index contributed by atoms with van der Waals surface area (Å²) in [4.78, 5) is 0. The van der Waals surface area contributed by atoms with Gasteiger partial charge in [-0.1, -0.05) is 23.7 Å². The predicted molar refractivity (Wildman–Crippen MR) is 62.1 cm³/mol. The van der Waals surface area contributed by atoms with Crippen LogP contribution < -0.4 is 5.32 Å². The maximum Gasteiger partial charge on any atom is 0.0601 e. The van der Waals surface area contributed by atoms with Crippen LogP contribution >= 0.6 is 11.6 Å². The zero-order chi connectivity index (χ0) is 10.7. The van der Waals surface area contributed by atoms with Gasteiger partial charge in [0.25, 0.3) is 0 Å². The summed E-state index contributed by atoms with van der Waals surface area (Å²) in [7, 11) is 1.78. The lowest BCUT2D eigenvalue weighted by Gasteiger charge is -2.34. The van der Waals surface area contributed by atoms with E-state index in [1.54, 1.807) is 7.11 Å². The van der Waals surface area contributed by atoms with Crippen LogP contribution in [0.5, 0.6) is 0 Å². The number of methoxy groups -OCH3 is 1. The highest BCUT2D eigenvalue weighted by Gasteiger charge is 2.28. The molecular weight excluding hydrogens is 210 g/mol. The molecule has 0 aliphatic heterocycles. The van der Waals surface area contributed by atoms with E-state index in [4.69, 9.17) is 16.3 Å². The molecule has 0 unspecified atom stereocenters. The lowest BCUT2D eigenvalue weighted by Crippen LogP contribution is -2.44. The molecule has 0 atom stereocenters. The van der Waals surface area contributed by atoms with Crippen molar-refractivity contribution in [1.29, 1.82) is 0 Å². The molecule has 82 valence electrons. The van der Waals surface area contributed by atoms with E-state index in [-0.39, 0.29) is 0 Å². The molecule has 1 aliphatic carbocycles. The zero-order valence-corrected chi connectivity index (χ0v) is 9.63. The monoisotopic (exact) mass is 225 g/mol. The Hall–Kier alpha value is -0.570. The first-order valence-electron chi connectivity index (χ1n) is 5.28. The van der Waals surface area contributed by atoms with Crippen LogP contribution in [0.15, 0.2) is 24.3 Å². The average Bonchev–Trinajstić information content (AvgIpc) is 2.19. The summed E-state index contributed by atoms with van der Waals surface area (Å²) in [6.07, 6.45) is 2.72. The van der Waals surface area contributed by atoms with E-state index >= 15 is 0 Å². The molecule has 2 nitrogen and oxygen atoms in total. The highest BCUT2D eigenvalue weighted by Crippen LogP contribution is 2.22. The van der Waals surface area contributed by atoms with Crippen molar-refractivity contribution in [2.45, 2.75) is 31.5 Å². The van der Waals surface area contributed by atoms with Crippen molar-refractivity contribution in [3.05, 3.63) is 34.9 Å². The highest BCUT2D eigenvalue weighted by molar-refractivity contribution is 6.30. The van der Waals surface area contributed by atoms with Gasteiger partial charge >= 0.3 is 0 Å². The lowest BCUT2D eigenvalue weighted by atomic mass is 9.89. The first-order valence-corrected chi connectivity index (χ1v) is 5.66. The average molecular weight is 226 g/mol. The fourth-order valence-corrected chi connectivity index (χ4v) is 1.92. The minimum atomic E-state index is 0.465. The zero-order valence-electron chi connectivity index (χ0n) is 8.87. The first kappa shape index (κ1) is 10.9. The Morgan fingerprint density at radius 2 is 2.00 bits per heavy atom. The minimum Gasteiger partial charge on any atom is -0.381 e. The number of ether oxygens (including phenoxy) is 1. The highest BCUT2D eigenvalue weighted by atomic mass is 35.5. The summed E-state index contributed by atoms with van der Waals surface area (Å²) in [6.45, 7) is 0.915. The van der Waals surface area contributed by atoms with Gasteiger partial charge in [-0.15, -0.1) is 0 Å². The Morgan fingerprint density at radius 1 is 1.33 bits per heavy atom. The van der Waals surface area contributed by atoms with Crippen LogP contribution in [0.3, 0.4) is 0 Å². The Morgan fingerprint density at radius 3 is 2.60 bits per heavy atom. The molecule has 1 saturated carbocycles. The molecule has 1 N–H and O–H groups in total. The van der Waals surface area contributed by atoms with E-state index in [0.717, 1.165) is 24.4 Å². The van der Waals surface area contributed by atoms with E-state index in [2.05, 4.69) is 17.4 Å². The SMILES string of the molecule is COC1CC(NCc2ccc(Cl)cc2)C1. The Balaban J connectivity index is 1.72. The normalized spacial score (nSPS) is 24.9. The lowest BCUT2D eigenvalue weighted by molar-refractivity contribution is 0.0170. The molecule has 0 aromatic heterocycles. The van der Waals surface area contributed by atoms with Crippen molar-refractivity contribution in [3.8, 4) is 0 Å². The molecule has 0 spiro atoms. The maximum absolute atomic E-state index is 5.81. The molecule has 0 amide bonds. The van der Waals surface area contributed by atoms with Gasteiger partial charge in [0.05, 0.1) is 6.10 Å². The van der Waals surface area contributed by atoms with Crippen molar-refractivity contribution < 1.29 is 4.74 Å². The van der Waals surface area contributed by atoms with Crippen molar-refractivity contribution in [1.82, 2.24) is 5.32 Å². The number of halogens is 1. The van der Waals surface area contributed by atoms with Gasteiger partial charge in [-0.05, 0) is 30.5 Å². The molecule has 15 heavy (non-hydrogen) atoms. The van der Waals surface area contributed by atoms with Crippen molar-refractivity contribution >= 4 is 11.6 Å². The summed E-state index contributed by atoms with van der Waals surface area (Å²) in [5.74, 6) is 0. The van der Waals surface area contributed by atoms with Crippen molar-refractivity contribution in [2.75, 3.05) is 7.11 Å². The van der Waals surface area contributed by atoms with E-state index in [1.165, 1.54) is 5.56 Å². The molecule has 0 heterocycles. The van der Waals surface area contributed by atoms with Crippen LogP contribution in [0, 0.1) is 0 Å². The van der Waals surface area contributed by atoms with Gasteiger partial charge in [-0.2, -0.15) is 0 Å². The molecule has 1 aliphatic rings. The Kier molecular flexibility index (Phi) is 3.62. The van der Waals surface area contributed by atoms with Crippen molar-refractivity contribution in [3.63, 3.8) is 0 Å². The van der Waals surface area contributed by atoms with Crippen LogP contribution in [0.4, 0.5) is 0 Å². The van der Waals surface area contributed by atoms with Crippen LogP contribution in [-0.2, 0) is 11.3 Å². The largest absolute Gasteiger partial charge is 0.381 e. The number of rotatable bonds is 4. The first-order chi connectivity index (χ1) is 7.28. The number of nitrogens with one attached hydrogen (secondary N) is 1. The molecule has 0 bridgehead atoms.